The Bertz CT molecular complexity index is 375. The summed E-state index contributed by atoms with van der Waals surface area (Å²) in [5.41, 5.74) is 0.897. The third kappa shape index (κ3) is 2.24. The highest BCUT2D eigenvalue weighted by molar-refractivity contribution is 5.89. The molecule has 1 aromatic carbocycles. The predicted molar refractivity (Wildman–Crippen MR) is 63.5 cm³/mol. The highest BCUT2D eigenvalue weighted by Gasteiger charge is 2.31. The monoisotopic (exact) mass is 217 g/mol. The number of para-hydroxylation sites is 1. The number of nitrogens with zero attached hydrogens (tertiary/aromatic N) is 1. The molecule has 1 aliphatic heterocycles. The summed E-state index contributed by atoms with van der Waals surface area (Å²) in [7, 11) is 0. The zero-order valence-electron chi connectivity index (χ0n) is 9.13. The van der Waals surface area contributed by atoms with E-state index in [9.17, 15) is 4.79 Å². The molecule has 0 saturated carbocycles. The molecule has 0 N–H and O–H groups in total. The normalized spacial score (nSPS) is 19.6. The van der Waals surface area contributed by atoms with Gasteiger partial charge in [0, 0.05) is 5.69 Å². The van der Waals surface area contributed by atoms with Gasteiger partial charge in [-0.1, -0.05) is 24.3 Å². The number of benzene rings is 1. The minimum atomic E-state index is -0.250. The van der Waals surface area contributed by atoms with E-state index < -0.39 is 0 Å². The molecular weight excluding hydrogens is 202 g/mol. The number of hydrogen-bond donors (Lipinski definition) is 0. The van der Waals surface area contributed by atoms with Crippen LogP contribution in [-0.2, 0) is 4.74 Å². The van der Waals surface area contributed by atoms with Crippen molar-refractivity contribution in [3.63, 3.8) is 0 Å². The second kappa shape index (κ2) is 4.84. The van der Waals surface area contributed by atoms with Crippen LogP contribution in [0.3, 0.4) is 0 Å². The van der Waals surface area contributed by atoms with Crippen molar-refractivity contribution in [2.24, 2.45) is 0 Å². The Morgan fingerprint density at radius 3 is 2.88 bits per heavy atom. The molecule has 84 valence electrons. The van der Waals surface area contributed by atoms with Crippen molar-refractivity contribution in [3.05, 3.63) is 43.0 Å². The van der Waals surface area contributed by atoms with Crippen molar-refractivity contribution >= 4 is 11.8 Å². The van der Waals surface area contributed by atoms with Crippen LogP contribution in [0.15, 0.2) is 43.0 Å². The van der Waals surface area contributed by atoms with Gasteiger partial charge in [0.05, 0.1) is 6.54 Å². The van der Waals surface area contributed by atoms with Crippen LogP contribution in [0, 0.1) is 0 Å². The van der Waals surface area contributed by atoms with E-state index in [4.69, 9.17) is 4.74 Å². The topological polar surface area (TPSA) is 29.5 Å². The van der Waals surface area contributed by atoms with Crippen LogP contribution < -0.4 is 4.90 Å². The van der Waals surface area contributed by atoms with Gasteiger partial charge in [-0.05, 0) is 25.0 Å². The molecule has 1 fully saturated rings. The molecule has 3 heteroatoms. The predicted octanol–water partition coefficient (Wildman–Crippen LogP) is 2.98. The first-order valence-electron chi connectivity index (χ1n) is 5.45. The quantitative estimate of drug-likeness (QED) is 0.725. The molecule has 0 bridgehead atoms. The van der Waals surface area contributed by atoms with Crippen LogP contribution in [0.1, 0.15) is 12.8 Å². The smallest absolute Gasteiger partial charge is 0.414 e. The lowest BCUT2D eigenvalue weighted by molar-refractivity contribution is 0.137. The van der Waals surface area contributed by atoms with Gasteiger partial charge >= 0.3 is 6.09 Å². The van der Waals surface area contributed by atoms with Crippen LogP contribution in [0.5, 0.6) is 0 Å². The standard InChI is InChI=1S/C13H15NO2/c1-2-3-9-12-10-14(13(15)16-12)11-7-5-4-6-8-11/h2,4-8,12H,1,3,9-10H2/t12-/m1/s1. The Hall–Kier alpha value is -1.77. The molecule has 1 aliphatic rings. The largest absolute Gasteiger partial charge is 0.444 e. The van der Waals surface area contributed by atoms with Gasteiger partial charge in [-0.2, -0.15) is 0 Å². The summed E-state index contributed by atoms with van der Waals surface area (Å²) in [4.78, 5) is 13.3. The minimum absolute atomic E-state index is 0.00861. The molecule has 0 aromatic heterocycles. The van der Waals surface area contributed by atoms with Gasteiger partial charge in [-0.25, -0.2) is 4.79 Å². The molecule has 0 spiro atoms. The Morgan fingerprint density at radius 1 is 1.44 bits per heavy atom. The number of rotatable bonds is 4. The summed E-state index contributed by atoms with van der Waals surface area (Å²) < 4.78 is 5.27. The van der Waals surface area contributed by atoms with Crippen LogP contribution >= 0.6 is 0 Å². The van der Waals surface area contributed by atoms with Gasteiger partial charge in [-0.15, -0.1) is 6.58 Å². The summed E-state index contributed by atoms with van der Waals surface area (Å²) in [6, 6.07) is 9.59. The Labute approximate surface area is 95.3 Å². The minimum Gasteiger partial charge on any atom is -0.444 e. The van der Waals surface area contributed by atoms with Crippen molar-refractivity contribution in [2.75, 3.05) is 11.4 Å². The van der Waals surface area contributed by atoms with E-state index >= 15 is 0 Å². The third-order valence-electron chi connectivity index (χ3n) is 2.63. The lowest BCUT2D eigenvalue weighted by atomic mass is 10.2. The fourth-order valence-electron chi connectivity index (χ4n) is 1.79. The van der Waals surface area contributed by atoms with Crippen LogP contribution in [0.4, 0.5) is 10.5 Å². The van der Waals surface area contributed by atoms with Crippen LogP contribution in [-0.4, -0.2) is 18.7 Å². The van der Waals surface area contributed by atoms with Gasteiger partial charge in [-0.3, -0.25) is 4.90 Å². The zero-order chi connectivity index (χ0) is 11.4. The van der Waals surface area contributed by atoms with Gasteiger partial charge in [0.2, 0.25) is 0 Å². The van der Waals surface area contributed by atoms with Crippen LogP contribution in [0.25, 0.3) is 0 Å². The highest BCUT2D eigenvalue weighted by Crippen LogP contribution is 2.22. The molecule has 0 unspecified atom stereocenters. The second-order valence-corrected chi connectivity index (χ2v) is 3.82. The second-order valence-electron chi connectivity index (χ2n) is 3.82. The van der Waals surface area contributed by atoms with Crippen molar-refractivity contribution in [2.45, 2.75) is 18.9 Å². The summed E-state index contributed by atoms with van der Waals surface area (Å²) in [5, 5.41) is 0. The van der Waals surface area contributed by atoms with Gasteiger partial charge in [0.15, 0.2) is 0 Å². The maximum absolute atomic E-state index is 11.6. The summed E-state index contributed by atoms with van der Waals surface area (Å²) in [6.07, 6.45) is 3.31. The lowest BCUT2D eigenvalue weighted by Gasteiger charge is -2.12. The lowest BCUT2D eigenvalue weighted by Crippen LogP contribution is -2.24. The van der Waals surface area contributed by atoms with Gasteiger partial charge in [0.25, 0.3) is 0 Å². The number of cyclic esters (lactones) is 1. The molecule has 1 atom stereocenters. The average Bonchev–Trinajstić information content (AvgIpc) is 2.69. The van der Waals surface area contributed by atoms with E-state index in [2.05, 4.69) is 6.58 Å². The fraction of sp³-hybridized carbons (Fsp3) is 0.308. The molecule has 16 heavy (non-hydrogen) atoms. The first-order valence-corrected chi connectivity index (χ1v) is 5.45. The number of anilines is 1. The number of allylic oxidation sites excluding steroid dienone is 1. The van der Waals surface area contributed by atoms with E-state index in [0.29, 0.717) is 6.54 Å². The molecule has 0 radical (unpaired) electrons. The Balaban J connectivity index is 2.02. The number of carbonyl (C=O) groups is 1. The molecule has 3 nitrogen and oxygen atoms in total. The van der Waals surface area contributed by atoms with E-state index in [1.807, 2.05) is 36.4 Å². The number of amides is 1. The maximum atomic E-state index is 11.6. The van der Waals surface area contributed by atoms with Crippen molar-refractivity contribution in [1.82, 2.24) is 0 Å². The molecule has 1 amide bonds. The molecular formula is C13H15NO2. The number of carbonyl (C=O) groups excluding carboxylic acids is 1. The van der Waals surface area contributed by atoms with Crippen molar-refractivity contribution in [3.8, 4) is 0 Å². The van der Waals surface area contributed by atoms with Crippen molar-refractivity contribution in [1.29, 1.82) is 0 Å². The first-order chi connectivity index (χ1) is 7.81. The van der Waals surface area contributed by atoms with Crippen molar-refractivity contribution < 1.29 is 9.53 Å². The van der Waals surface area contributed by atoms with E-state index in [1.165, 1.54) is 0 Å². The number of ether oxygens (including phenoxy) is 1. The molecule has 2 rings (SSSR count). The average molecular weight is 217 g/mol. The van der Waals surface area contributed by atoms with Crippen LogP contribution in [0.2, 0.25) is 0 Å². The van der Waals surface area contributed by atoms with Gasteiger partial charge < -0.3 is 4.74 Å². The van der Waals surface area contributed by atoms with E-state index in [-0.39, 0.29) is 12.2 Å². The SMILES string of the molecule is C=CCC[C@@H]1CN(c2ccccc2)C(=O)O1. The molecule has 1 heterocycles. The molecule has 1 aromatic rings. The Morgan fingerprint density at radius 2 is 2.19 bits per heavy atom. The maximum Gasteiger partial charge on any atom is 0.414 e. The summed E-state index contributed by atoms with van der Waals surface area (Å²) in [5.74, 6) is 0. The molecule has 1 saturated heterocycles. The third-order valence-corrected chi connectivity index (χ3v) is 2.63. The van der Waals surface area contributed by atoms with Gasteiger partial charge in [0.1, 0.15) is 6.10 Å². The Kier molecular flexibility index (Phi) is 3.25. The summed E-state index contributed by atoms with van der Waals surface area (Å²) >= 11 is 0. The zero-order valence-corrected chi connectivity index (χ0v) is 9.13. The number of hydrogen-bond acceptors (Lipinski definition) is 2. The first kappa shape index (κ1) is 10.7. The summed E-state index contributed by atoms with van der Waals surface area (Å²) in [6.45, 7) is 4.30. The fourth-order valence-corrected chi connectivity index (χ4v) is 1.79. The highest BCUT2D eigenvalue weighted by atomic mass is 16.6. The van der Waals surface area contributed by atoms with E-state index in [0.717, 1.165) is 18.5 Å². The molecule has 0 aliphatic carbocycles. The van der Waals surface area contributed by atoms with E-state index in [1.54, 1.807) is 4.90 Å².